The molecule has 13 nitrogen and oxygen atoms in total. The number of carbonyl (C=O) groups excluding carboxylic acids is 4. The highest BCUT2D eigenvalue weighted by molar-refractivity contribution is 6.03. The molecule has 4 amide bonds. The van der Waals surface area contributed by atoms with Gasteiger partial charge in [-0.05, 0) is 56.7 Å². The van der Waals surface area contributed by atoms with E-state index in [0.29, 0.717) is 18.7 Å². The van der Waals surface area contributed by atoms with Gasteiger partial charge >= 0.3 is 6.18 Å². The Bertz CT molecular complexity index is 1850. The van der Waals surface area contributed by atoms with E-state index in [1.807, 2.05) is 4.90 Å². The van der Waals surface area contributed by atoms with E-state index in [-0.39, 0.29) is 41.7 Å². The predicted molar refractivity (Wildman–Crippen MR) is 173 cm³/mol. The van der Waals surface area contributed by atoms with Gasteiger partial charge in [0.1, 0.15) is 17.3 Å². The monoisotopic (exact) mass is 675 g/mol. The molecule has 2 aromatic heterocycles. The van der Waals surface area contributed by atoms with Gasteiger partial charge in [-0.2, -0.15) is 18.3 Å². The number of benzene rings is 1. The molecule has 1 atom stereocenters. The van der Waals surface area contributed by atoms with Gasteiger partial charge in [0, 0.05) is 44.3 Å². The van der Waals surface area contributed by atoms with Crippen LogP contribution in [-0.4, -0.2) is 69.3 Å². The number of nitrogens with one attached hydrogen (secondary N) is 5. The molecule has 3 aromatic rings. The van der Waals surface area contributed by atoms with Crippen molar-refractivity contribution in [2.75, 3.05) is 23.3 Å². The lowest BCUT2D eigenvalue weighted by Crippen LogP contribution is -2.52. The normalized spacial score (nSPS) is 16.9. The molecule has 16 heteroatoms. The predicted octanol–water partition coefficient (Wildman–Crippen LogP) is 2.80. The number of pyridine rings is 1. The molecule has 254 valence electrons. The number of carbonyl (C=O) groups is 4. The Kier molecular flexibility index (Phi) is 9.83. The van der Waals surface area contributed by atoms with Crippen LogP contribution in [0.1, 0.15) is 42.7 Å². The fraction of sp³-hybridized carbons (Fsp3) is 0.303. The van der Waals surface area contributed by atoms with E-state index >= 15 is 0 Å². The van der Waals surface area contributed by atoms with Crippen molar-refractivity contribution < 1.29 is 32.3 Å². The number of amides is 4. The van der Waals surface area contributed by atoms with Crippen LogP contribution in [-0.2, 0) is 20.6 Å². The van der Waals surface area contributed by atoms with Crippen molar-refractivity contribution in [2.24, 2.45) is 5.92 Å². The summed E-state index contributed by atoms with van der Waals surface area (Å²) in [5, 5.41) is 22.1. The van der Waals surface area contributed by atoms with Crippen LogP contribution in [0.3, 0.4) is 0 Å². The van der Waals surface area contributed by atoms with Gasteiger partial charge in [0.15, 0.2) is 0 Å². The van der Waals surface area contributed by atoms with Gasteiger partial charge in [0.25, 0.3) is 5.91 Å². The van der Waals surface area contributed by atoms with Gasteiger partial charge in [-0.1, -0.05) is 11.8 Å². The van der Waals surface area contributed by atoms with Gasteiger partial charge in [-0.3, -0.25) is 24.5 Å². The summed E-state index contributed by atoms with van der Waals surface area (Å²) in [5.74, 6) is 4.03. The van der Waals surface area contributed by atoms with Gasteiger partial charge < -0.3 is 26.3 Å². The fourth-order valence-corrected chi connectivity index (χ4v) is 4.87. The smallest absolute Gasteiger partial charge is 0.377 e. The summed E-state index contributed by atoms with van der Waals surface area (Å²) < 4.78 is 41.3. The third kappa shape index (κ3) is 8.30. The van der Waals surface area contributed by atoms with Crippen molar-refractivity contribution >= 4 is 41.2 Å². The lowest BCUT2D eigenvalue weighted by Gasteiger charge is -2.38. The molecule has 2 saturated heterocycles. The van der Waals surface area contributed by atoms with Gasteiger partial charge in [-0.25, -0.2) is 9.67 Å². The molecule has 1 unspecified atom stereocenters. The van der Waals surface area contributed by atoms with E-state index < -0.39 is 41.0 Å². The molecule has 0 saturated carbocycles. The van der Waals surface area contributed by atoms with E-state index in [1.54, 1.807) is 38.2 Å². The van der Waals surface area contributed by atoms with Crippen LogP contribution >= 0.6 is 0 Å². The maximum Gasteiger partial charge on any atom is 0.416 e. The van der Waals surface area contributed by atoms with Crippen LogP contribution in [0.2, 0.25) is 0 Å². The van der Waals surface area contributed by atoms with E-state index in [2.05, 4.69) is 43.2 Å². The topological polar surface area (TPSA) is 174 Å². The lowest BCUT2D eigenvalue weighted by atomic mass is 9.99. The van der Waals surface area contributed by atoms with Crippen molar-refractivity contribution in [2.45, 2.75) is 44.4 Å². The third-order valence-corrected chi connectivity index (χ3v) is 7.83. The zero-order valence-electron chi connectivity index (χ0n) is 26.4. The maximum atomic E-state index is 13.4. The van der Waals surface area contributed by atoms with Gasteiger partial charge in [0.05, 0.1) is 40.3 Å². The molecular weight excluding hydrogens is 643 g/mol. The number of alkyl halides is 3. The molecule has 2 aliphatic rings. The number of imide groups is 1. The molecule has 49 heavy (non-hydrogen) atoms. The molecule has 0 spiro atoms. The molecule has 2 fully saturated rings. The second-order valence-electron chi connectivity index (χ2n) is 11.9. The molecule has 5 rings (SSSR count). The summed E-state index contributed by atoms with van der Waals surface area (Å²) in [4.78, 5) is 55.1. The summed E-state index contributed by atoms with van der Waals surface area (Å²) >= 11 is 0. The first kappa shape index (κ1) is 34.4. The molecule has 1 aromatic carbocycles. The second kappa shape index (κ2) is 14.0. The molecule has 2 aliphatic heterocycles. The summed E-state index contributed by atoms with van der Waals surface area (Å²) in [7, 11) is 0. The fourth-order valence-electron chi connectivity index (χ4n) is 4.87. The maximum absolute atomic E-state index is 13.4. The van der Waals surface area contributed by atoms with Crippen molar-refractivity contribution in [1.29, 1.82) is 5.41 Å². The molecule has 4 heterocycles. The Morgan fingerprint density at radius 1 is 1.14 bits per heavy atom. The number of anilines is 2. The Hall–Kier alpha value is -5.98. The zero-order valence-corrected chi connectivity index (χ0v) is 26.4. The molecule has 0 aliphatic carbocycles. The highest BCUT2D eigenvalue weighted by Crippen LogP contribution is 2.33. The van der Waals surface area contributed by atoms with E-state index in [1.165, 1.54) is 29.3 Å². The third-order valence-electron chi connectivity index (χ3n) is 7.83. The molecule has 5 N–H and O–H groups in total. The van der Waals surface area contributed by atoms with E-state index in [4.69, 9.17) is 5.41 Å². The van der Waals surface area contributed by atoms with Crippen LogP contribution in [0, 0.1) is 23.2 Å². The largest absolute Gasteiger partial charge is 0.416 e. The molecular formula is C33H32F3N9O4. The highest BCUT2D eigenvalue weighted by Gasteiger charge is 2.33. The van der Waals surface area contributed by atoms with E-state index in [9.17, 15) is 32.3 Å². The average molecular weight is 676 g/mol. The number of allylic oxidation sites excluding steroid dienone is 1. The summed E-state index contributed by atoms with van der Waals surface area (Å²) in [6.45, 7) is 4.31. The lowest BCUT2D eigenvalue weighted by molar-refractivity contribution is -0.138. The van der Waals surface area contributed by atoms with Crippen LogP contribution in [0.25, 0.3) is 5.69 Å². The van der Waals surface area contributed by atoms with Crippen molar-refractivity contribution in [3.8, 4) is 17.5 Å². The van der Waals surface area contributed by atoms with Crippen molar-refractivity contribution in [3.63, 3.8) is 0 Å². The number of hydrogen-bond acceptors (Lipinski definition) is 9. The van der Waals surface area contributed by atoms with E-state index in [0.717, 1.165) is 24.0 Å². The first-order chi connectivity index (χ1) is 23.2. The molecule has 0 bridgehead atoms. The number of nitrogens with zero attached hydrogens (tertiary/aromatic N) is 4. The Labute approximate surface area is 278 Å². The highest BCUT2D eigenvalue weighted by atomic mass is 19.4. The Morgan fingerprint density at radius 2 is 1.92 bits per heavy atom. The first-order valence-electron chi connectivity index (χ1n) is 15.1. The van der Waals surface area contributed by atoms with Crippen LogP contribution < -0.4 is 26.2 Å². The summed E-state index contributed by atoms with van der Waals surface area (Å²) in [6, 6.07) is 6.99. The SMILES string of the molecule is CC(C)(N/C=C(/C#CC1CN(c2ccc(C(=O)NC3CCC(=O)NC3=O)nc2)C1)C=N)C(=O)Nc1ccc(C(F)(F)F)cc1-n1cccn1. The zero-order chi connectivity index (χ0) is 35.3. The van der Waals surface area contributed by atoms with Gasteiger partial charge in [-0.15, -0.1) is 0 Å². The minimum Gasteiger partial charge on any atom is -0.377 e. The van der Waals surface area contributed by atoms with Crippen LogP contribution in [0.15, 0.2) is 66.8 Å². The summed E-state index contributed by atoms with van der Waals surface area (Å²) in [6.07, 6.45) is 2.69. The minimum absolute atomic E-state index is 0.0180. The van der Waals surface area contributed by atoms with Crippen LogP contribution in [0.5, 0.6) is 0 Å². The van der Waals surface area contributed by atoms with Crippen molar-refractivity contribution in [1.82, 2.24) is 30.7 Å². The van der Waals surface area contributed by atoms with Gasteiger partial charge in [0.2, 0.25) is 17.7 Å². The average Bonchev–Trinajstić information content (AvgIpc) is 3.58. The molecule has 0 radical (unpaired) electrons. The number of aromatic nitrogens is 3. The minimum atomic E-state index is -4.58. The number of hydrogen-bond donors (Lipinski definition) is 5. The quantitative estimate of drug-likeness (QED) is 0.131. The Balaban J connectivity index is 1.15. The standard InChI is InChI=1S/C33H32F3N9O4/c1-32(2,31(49)42-24-8-6-22(33(34,35)36)14-27(24)45-13-3-12-40-45)39-16-20(15-37)4-5-21-18-44(19-21)23-7-9-25(38-17-23)29(47)41-26-10-11-28(46)43-30(26)48/h3,6-9,12-17,21,26,37,39H,10-11,18-19H2,1-2H3,(H,41,47)(H,42,49)(H,43,46,48)/b20-16-,37-15?. The van der Waals surface area contributed by atoms with Crippen molar-refractivity contribution in [3.05, 3.63) is 78.0 Å². The Morgan fingerprint density at radius 3 is 2.55 bits per heavy atom. The first-order valence-corrected chi connectivity index (χ1v) is 15.1. The van der Waals surface area contributed by atoms with Crippen LogP contribution in [0.4, 0.5) is 24.5 Å². The number of piperidine rings is 1. The number of rotatable bonds is 9. The number of halogens is 3. The summed E-state index contributed by atoms with van der Waals surface area (Å²) in [5.41, 5.74) is -0.749. The second-order valence-corrected chi connectivity index (χ2v) is 11.9.